The Labute approximate surface area is 85.3 Å². The molecule has 1 rings (SSSR count). The first kappa shape index (κ1) is 11.2. The molecule has 0 bridgehead atoms. The van der Waals surface area contributed by atoms with E-state index in [1.807, 2.05) is 31.0 Å². The number of hydrogen-bond donors (Lipinski definition) is 1. The zero-order valence-corrected chi connectivity index (χ0v) is 9.32. The molecule has 80 valence electrons. The summed E-state index contributed by atoms with van der Waals surface area (Å²) in [5.74, 6) is 0. The van der Waals surface area contributed by atoms with Gasteiger partial charge in [-0.2, -0.15) is 5.10 Å². The molecule has 1 N–H and O–H groups in total. The molecule has 0 amide bonds. The molecule has 4 nitrogen and oxygen atoms in total. The van der Waals surface area contributed by atoms with Gasteiger partial charge in [-0.1, -0.05) is 6.92 Å². The lowest BCUT2D eigenvalue weighted by Crippen LogP contribution is -2.30. The topological polar surface area (TPSA) is 39.1 Å². The van der Waals surface area contributed by atoms with E-state index in [0.717, 1.165) is 12.1 Å². The molecule has 1 aromatic heterocycles. The van der Waals surface area contributed by atoms with Crippen LogP contribution in [0.2, 0.25) is 0 Å². The molecule has 0 aliphatic carbocycles. The number of rotatable bonds is 5. The molecule has 2 atom stereocenters. The smallest absolute Gasteiger partial charge is 0.0820 e. The highest BCUT2D eigenvalue weighted by Crippen LogP contribution is 2.18. The molecule has 0 saturated carbocycles. The van der Waals surface area contributed by atoms with Gasteiger partial charge < -0.3 is 10.1 Å². The van der Waals surface area contributed by atoms with E-state index in [4.69, 9.17) is 4.74 Å². The molecule has 0 aliphatic rings. The predicted octanol–water partition coefficient (Wildman–Crippen LogP) is 1.11. The first-order valence-electron chi connectivity index (χ1n) is 4.92. The zero-order chi connectivity index (χ0) is 10.6. The Balaban J connectivity index is 2.80. The Kier molecular flexibility index (Phi) is 4.10. The Morgan fingerprint density at radius 2 is 2.36 bits per heavy atom. The second-order valence-corrected chi connectivity index (χ2v) is 3.36. The van der Waals surface area contributed by atoms with E-state index in [2.05, 4.69) is 17.3 Å². The van der Waals surface area contributed by atoms with Crippen molar-refractivity contribution in [2.45, 2.75) is 25.5 Å². The van der Waals surface area contributed by atoms with E-state index < -0.39 is 0 Å². The monoisotopic (exact) mass is 197 g/mol. The van der Waals surface area contributed by atoms with Gasteiger partial charge in [-0.3, -0.25) is 4.68 Å². The summed E-state index contributed by atoms with van der Waals surface area (Å²) in [4.78, 5) is 0. The molecule has 0 fully saturated rings. The molecule has 0 aromatic carbocycles. The highest BCUT2D eigenvalue weighted by Gasteiger charge is 2.21. The summed E-state index contributed by atoms with van der Waals surface area (Å²) in [6.45, 7) is 2.11. The van der Waals surface area contributed by atoms with Crippen LogP contribution < -0.4 is 5.32 Å². The van der Waals surface area contributed by atoms with Crippen LogP contribution in [-0.4, -0.2) is 30.0 Å². The number of nitrogens with zero attached hydrogens (tertiary/aromatic N) is 2. The molecular weight excluding hydrogens is 178 g/mol. The predicted molar refractivity (Wildman–Crippen MR) is 56.1 cm³/mol. The summed E-state index contributed by atoms with van der Waals surface area (Å²) in [5, 5.41) is 7.61. The fourth-order valence-corrected chi connectivity index (χ4v) is 1.66. The second-order valence-electron chi connectivity index (χ2n) is 3.36. The number of hydrogen-bond acceptors (Lipinski definition) is 3. The number of nitrogens with one attached hydrogen (secondary N) is 1. The average Bonchev–Trinajstić information content (AvgIpc) is 2.60. The lowest BCUT2D eigenvalue weighted by atomic mass is 10.1. The minimum absolute atomic E-state index is 0.172. The molecular formula is C10H19N3O. The van der Waals surface area contributed by atoms with E-state index in [9.17, 15) is 0 Å². The number of aromatic nitrogens is 2. The third-order valence-corrected chi connectivity index (χ3v) is 2.44. The molecule has 2 unspecified atom stereocenters. The van der Waals surface area contributed by atoms with Crippen LogP contribution in [-0.2, 0) is 11.8 Å². The zero-order valence-electron chi connectivity index (χ0n) is 9.32. The normalized spacial score (nSPS) is 15.4. The van der Waals surface area contributed by atoms with Crippen molar-refractivity contribution in [2.75, 3.05) is 14.2 Å². The average molecular weight is 197 g/mol. The number of methoxy groups -OCH3 is 1. The third kappa shape index (κ3) is 2.33. The van der Waals surface area contributed by atoms with Gasteiger partial charge in [0.05, 0.1) is 17.8 Å². The molecule has 0 spiro atoms. The first-order chi connectivity index (χ1) is 6.72. The Bertz CT molecular complexity index is 268. The summed E-state index contributed by atoms with van der Waals surface area (Å²) < 4.78 is 7.21. The van der Waals surface area contributed by atoms with E-state index in [1.165, 1.54) is 0 Å². The molecule has 0 saturated heterocycles. The van der Waals surface area contributed by atoms with Gasteiger partial charge >= 0.3 is 0 Å². The van der Waals surface area contributed by atoms with Crippen molar-refractivity contribution in [3.63, 3.8) is 0 Å². The molecule has 14 heavy (non-hydrogen) atoms. The first-order valence-corrected chi connectivity index (χ1v) is 4.92. The van der Waals surface area contributed by atoms with Crippen LogP contribution >= 0.6 is 0 Å². The van der Waals surface area contributed by atoms with Gasteiger partial charge in [0, 0.05) is 20.4 Å². The van der Waals surface area contributed by atoms with Crippen molar-refractivity contribution in [1.29, 1.82) is 0 Å². The fourth-order valence-electron chi connectivity index (χ4n) is 1.66. The summed E-state index contributed by atoms with van der Waals surface area (Å²) in [7, 11) is 5.59. The quantitative estimate of drug-likeness (QED) is 0.768. The highest BCUT2D eigenvalue weighted by atomic mass is 16.5. The van der Waals surface area contributed by atoms with E-state index in [1.54, 1.807) is 7.11 Å². The SMILES string of the molecule is CCC(OC)C(NC)c1ccn(C)n1. The van der Waals surface area contributed by atoms with Gasteiger partial charge in [0.2, 0.25) is 0 Å². The molecule has 0 radical (unpaired) electrons. The van der Waals surface area contributed by atoms with E-state index >= 15 is 0 Å². The van der Waals surface area contributed by atoms with Crippen LogP contribution in [0.5, 0.6) is 0 Å². The van der Waals surface area contributed by atoms with Gasteiger partial charge in [-0.25, -0.2) is 0 Å². The largest absolute Gasteiger partial charge is 0.379 e. The van der Waals surface area contributed by atoms with Gasteiger partial charge in [0.25, 0.3) is 0 Å². The standard InChI is InChI=1S/C10H19N3O/c1-5-9(14-4)10(11-2)8-6-7-13(3)12-8/h6-7,9-11H,5H2,1-4H3. The highest BCUT2D eigenvalue weighted by molar-refractivity contribution is 5.07. The van der Waals surface area contributed by atoms with Crippen molar-refractivity contribution < 1.29 is 4.74 Å². The van der Waals surface area contributed by atoms with E-state index in [0.29, 0.717) is 0 Å². The number of ether oxygens (including phenoxy) is 1. The van der Waals surface area contributed by atoms with Crippen LogP contribution in [0.4, 0.5) is 0 Å². The van der Waals surface area contributed by atoms with Crippen LogP contribution in [0.25, 0.3) is 0 Å². The van der Waals surface area contributed by atoms with E-state index in [-0.39, 0.29) is 12.1 Å². The van der Waals surface area contributed by atoms with Gasteiger partial charge in [0.1, 0.15) is 0 Å². The van der Waals surface area contributed by atoms with Gasteiger partial charge in [-0.05, 0) is 19.5 Å². The van der Waals surface area contributed by atoms with Crippen molar-refractivity contribution >= 4 is 0 Å². The summed E-state index contributed by atoms with van der Waals surface area (Å²) in [6.07, 6.45) is 3.09. The Morgan fingerprint density at radius 1 is 1.64 bits per heavy atom. The molecule has 1 aromatic rings. The Morgan fingerprint density at radius 3 is 2.71 bits per heavy atom. The van der Waals surface area contributed by atoms with Crippen LogP contribution in [0, 0.1) is 0 Å². The summed E-state index contributed by atoms with van der Waals surface area (Å²) in [6, 6.07) is 2.19. The van der Waals surface area contributed by atoms with Gasteiger partial charge in [0.15, 0.2) is 0 Å². The molecule has 1 heterocycles. The number of aryl methyl sites for hydroxylation is 1. The summed E-state index contributed by atoms with van der Waals surface area (Å²) in [5.41, 5.74) is 1.03. The van der Waals surface area contributed by atoms with Gasteiger partial charge in [-0.15, -0.1) is 0 Å². The third-order valence-electron chi connectivity index (χ3n) is 2.44. The fraction of sp³-hybridized carbons (Fsp3) is 0.700. The lowest BCUT2D eigenvalue weighted by molar-refractivity contribution is 0.0661. The van der Waals surface area contributed by atoms with Crippen LogP contribution in [0.1, 0.15) is 25.1 Å². The minimum Gasteiger partial charge on any atom is -0.379 e. The molecule has 4 heteroatoms. The van der Waals surface area contributed by atoms with Crippen molar-refractivity contribution in [3.8, 4) is 0 Å². The van der Waals surface area contributed by atoms with Crippen LogP contribution in [0.3, 0.4) is 0 Å². The maximum absolute atomic E-state index is 5.40. The van der Waals surface area contributed by atoms with Crippen LogP contribution in [0.15, 0.2) is 12.3 Å². The van der Waals surface area contributed by atoms with Crippen molar-refractivity contribution in [3.05, 3.63) is 18.0 Å². The second kappa shape index (κ2) is 5.12. The van der Waals surface area contributed by atoms with Crippen molar-refractivity contribution in [2.24, 2.45) is 7.05 Å². The van der Waals surface area contributed by atoms with Crippen molar-refractivity contribution in [1.82, 2.24) is 15.1 Å². The maximum Gasteiger partial charge on any atom is 0.0820 e. The molecule has 0 aliphatic heterocycles. The summed E-state index contributed by atoms with van der Waals surface area (Å²) >= 11 is 0. The minimum atomic E-state index is 0.172. The Hall–Kier alpha value is -0.870. The maximum atomic E-state index is 5.40. The number of likely N-dealkylation sites (N-methyl/N-ethyl adjacent to an activating group) is 1. The lowest BCUT2D eigenvalue weighted by Gasteiger charge is -2.22.